The Morgan fingerprint density at radius 3 is 2.47 bits per heavy atom. The first-order valence-corrected chi connectivity index (χ1v) is 6.60. The van der Waals surface area contributed by atoms with Crippen LogP contribution in [-0.4, -0.2) is 20.9 Å². The van der Waals surface area contributed by atoms with E-state index in [2.05, 4.69) is 0 Å². The highest BCUT2D eigenvalue weighted by Gasteiger charge is 2.23. The van der Waals surface area contributed by atoms with Gasteiger partial charge < -0.3 is 0 Å². The maximum Gasteiger partial charge on any atom is 0.238 e. The highest BCUT2D eigenvalue weighted by Crippen LogP contribution is 2.26. The lowest BCUT2D eigenvalue weighted by Crippen LogP contribution is -2.19. The molecule has 0 saturated carbocycles. The second kappa shape index (κ2) is 5.37. The standard InChI is InChI=1S/C11H14FNO3S/c1-8(14)9(6-7-12)10-4-2-3-5-11(10)17(13,15)16/h2-5,9H,6-7H2,1H3,(H2,13,15,16). The molecule has 0 saturated heterocycles. The number of carbonyl (C=O) groups is 1. The number of rotatable bonds is 5. The van der Waals surface area contributed by atoms with E-state index in [0.717, 1.165) is 0 Å². The number of halogens is 1. The molecule has 1 aromatic carbocycles. The van der Waals surface area contributed by atoms with Gasteiger partial charge in [0.1, 0.15) is 5.78 Å². The molecule has 0 heterocycles. The molecule has 0 amide bonds. The van der Waals surface area contributed by atoms with Gasteiger partial charge in [0, 0.05) is 5.92 Å². The van der Waals surface area contributed by atoms with Crippen molar-refractivity contribution in [2.45, 2.75) is 24.2 Å². The fraction of sp³-hybridized carbons (Fsp3) is 0.364. The predicted molar refractivity (Wildman–Crippen MR) is 61.8 cm³/mol. The predicted octanol–water partition coefficient (Wildman–Crippen LogP) is 1.37. The number of sulfonamides is 1. The van der Waals surface area contributed by atoms with E-state index in [-0.39, 0.29) is 22.7 Å². The van der Waals surface area contributed by atoms with Crippen LogP contribution in [-0.2, 0) is 14.8 Å². The summed E-state index contributed by atoms with van der Waals surface area (Å²) in [5.74, 6) is -1.05. The Morgan fingerprint density at radius 2 is 2.00 bits per heavy atom. The van der Waals surface area contributed by atoms with E-state index >= 15 is 0 Å². The van der Waals surface area contributed by atoms with Crippen molar-refractivity contribution < 1.29 is 17.6 Å². The van der Waals surface area contributed by atoms with Crippen LogP contribution in [0.4, 0.5) is 4.39 Å². The average Bonchev–Trinajstić information content (AvgIpc) is 2.24. The van der Waals surface area contributed by atoms with Crippen molar-refractivity contribution in [1.29, 1.82) is 0 Å². The first-order valence-electron chi connectivity index (χ1n) is 5.06. The highest BCUT2D eigenvalue weighted by atomic mass is 32.2. The first-order chi connectivity index (χ1) is 7.88. The zero-order valence-electron chi connectivity index (χ0n) is 9.39. The zero-order valence-corrected chi connectivity index (χ0v) is 10.2. The van der Waals surface area contributed by atoms with E-state index < -0.39 is 22.6 Å². The number of alkyl halides is 1. The third kappa shape index (κ3) is 3.34. The molecule has 0 radical (unpaired) electrons. The Bertz CT molecular complexity index is 513. The number of hydrogen-bond acceptors (Lipinski definition) is 3. The minimum absolute atomic E-state index is 0.0398. The summed E-state index contributed by atoms with van der Waals surface area (Å²) >= 11 is 0. The summed E-state index contributed by atoms with van der Waals surface area (Å²) in [5.41, 5.74) is 0.264. The van der Waals surface area contributed by atoms with Crippen LogP contribution in [0.25, 0.3) is 0 Å². The molecule has 17 heavy (non-hydrogen) atoms. The van der Waals surface area contributed by atoms with Crippen molar-refractivity contribution in [3.8, 4) is 0 Å². The van der Waals surface area contributed by atoms with Crippen LogP contribution < -0.4 is 5.14 Å². The molecule has 4 nitrogen and oxygen atoms in total. The fourth-order valence-electron chi connectivity index (χ4n) is 1.71. The first kappa shape index (κ1) is 13.8. The summed E-state index contributed by atoms with van der Waals surface area (Å²) in [6, 6.07) is 5.91. The number of hydrogen-bond donors (Lipinski definition) is 1. The average molecular weight is 259 g/mol. The van der Waals surface area contributed by atoms with Crippen molar-refractivity contribution in [2.75, 3.05) is 6.67 Å². The summed E-state index contributed by atoms with van der Waals surface area (Å²) in [6.07, 6.45) is -0.0398. The zero-order chi connectivity index (χ0) is 13.1. The number of Topliss-reactive ketones (excluding diaryl/α,β-unsaturated/α-hetero) is 1. The molecule has 1 unspecified atom stereocenters. The van der Waals surface area contributed by atoms with Gasteiger partial charge in [-0.3, -0.25) is 9.18 Å². The van der Waals surface area contributed by atoms with Crippen LogP contribution in [0.1, 0.15) is 24.8 Å². The van der Waals surface area contributed by atoms with E-state index in [1.54, 1.807) is 6.07 Å². The van der Waals surface area contributed by atoms with Crippen LogP contribution >= 0.6 is 0 Å². The third-order valence-electron chi connectivity index (χ3n) is 2.49. The summed E-state index contributed by atoms with van der Waals surface area (Å²) in [4.78, 5) is 11.3. The lowest BCUT2D eigenvalue weighted by Gasteiger charge is -2.15. The Balaban J connectivity index is 3.34. The summed E-state index contributed by atoms with van der Waals surface area (Å²) < 4.78 is 35.1. The molecule has 0 aromatic heterocycles. The molecule has 0 fully saturated rings. The number of ketones is 1. The van der Waals surface area contributed by atoms with Crippen LogP contribution in [0.3, 0.4) is 0 Å². The lowest BCUT2D eigenvalue weighted by molar-refractivity contribution is -0.118. The number of carbonyl (C=O) groups excluding carboxylic acids is 1. The molecule has 0 aliphatic heterocycles. The molecule has 2 N–H and O–H groups in total. The maximum absolute atomic E-state index is 12.4. The van der Waals surface area contributed by atoms with Gasteiger partial charge in [0.05, 0.1) is 11.6 Å². The Kier molecular flexibility index (Phi) is 4.36. The minimum Gasteiger partial charge on any atom is -0.299 e. The van der Waals surface area contributed by atoms with Crippen molar-refractivity contribution in [3.05, 3.63) is 29.8 Å². The highest BCUT2D eigenvalue weighted by molar-refractivity contribution is 7.89. The Labute approximate surface area is 99.7 Å². The molecule has 0 aliphatic carbocycles. The largest absolute Gasteiger partial charge is 0.299 e. The van der Waals surface area contributed by atoms with Gasteiger partial charge in [0.2, 0.25) is 10.0 Å². The van der Waals surface area contributed by atoms with Gasteiger partial charge >= 0.3 is 0 Å². The van der Waals surface area contributed by atoms with Crippen molar-refractivity contribution in [3.63, 3.8) is 0 Å². The molecule has 0 bridgehead atoms. The Hall–Kier alpha value is -1.27. The number of nitrogens with two attached hydrogens (primary N) is 1. The van der Waals surface area contributed by atoms with Crippen molar-refractivity contribution >= 4 is 15.8 Å². The van der Waals surface area contributed by atoms with E-state index in [9.17, 15) is 17.6 Å². The van der Waals surface area contributed by atoms with E-state index in [0.29, 0.717) is 0 Å². The van der Waals surface area contributed by atoms with Crippen LogP contribution in [0.15, 0.2) is 29.2 Å². The second-order valence-electron chi connectivity index (χ2n) is 3.72. The van der Waals surface area contributed by atoms with E-state index in [4.69, 9.17) is 5.14 Å². The molecule has 0 spiro atoms. The van der Waals surface area contributed by atoms with Crippen LogP contribution in [0.5, 0.6) is 0 Å². The number of benzene rings is 1. The molecular weight excluding hydrogens is 245 g/mol. The van der Waals surface area contributed by atoms with E-state index in [1.165, 1.54) is 25.1 Å². The van der Waals surface area contributed by atoms with Crippen LogP contribution in [0.2, 0.25) is 0 Å². The molecule has 94 valence electrons. The van der Waals surface area contributed by atoms with Crippen LogP contribution in [0, 0.1) is 0 Å². The van der Waals surface area contributed by atoms with Gasteiger partial charge in [0.15, 0.2) is 0 Å². The van der Waals surface area contributed by atoms with Gasteiger partial charge in [-0.05, 0) is 25.0 Å². The lowest BCUT2D eigenvalue weighted by atomic mass is 9.93. The molecule has 6 heteroatoms. The van der Waals surface area contributed by atoms with E-state index in [1.807, 2.05) is 0 Å². The molecule has 0 aliphatic rings. The van der Waals surface area contributed by atoms with Gasteiger partial charge in [-0.2, -0.15) is 0 Å². The third-order valence-corrected chi connectivity index (χ3v) is 3.47. The van der Waals surface area contributed by atoms with Gasteiger partial charge in [-0.25, -0.2) is 13.6 Å². The fourth-order valence-corrected chi connectivity index (χ4v) is 2.52. The van der Waals surface area contributed by atoms with Gasteiger partial charge in [0.25, 0.3) is 0 Å². The normalized spacial score (nSPS) is 13.4. The second-order valence-corrected chi connectivity index (χ2v) is 5.25. The summed E-state index contributed by atoms with van der Waals surface area (Å²) in [6.45, 7) is 0.615. The van der Waals surface area contributed by atoms with Gasteiger partial charge in [-0.15, -0.1) is 0 Å². The molecular formula is C11H14FNO3S. The van der Waals surface area contributed by atoms with Crippen molar-refractivity contribution in [1.82, 2.24) is 0 Å². The molecule has 1 aromatic rings. The van der Waals surface area contributed by atoms with Crippen molar-refractivity contribution in [2.24, 2.45) is 5.14 Å². The maximum atomic E-state index is 12.4. The number of primary sulfonamides is 1. The molecule has 1 rings (SSSR count). The molecule has 1 atom stereocenters. The SMILES string of the molecule is CC(=O)C(CCF)c1ccccc1S(N)(=O)=O. The topological polar surface area (TPSA) is 77.2 Å². The monoisotopic (exact) mass is 259 g/mol. The Morgan fingerprint density at radius 1 is 1.41 bits per heavy atom. The quantitative estimate of drug-likeness (QED) is 0.867. The summed E-state index contributed by atoms with van der Waals surface area (Å²) in [7, 11) is -3.90. The minimum atomic E-state index is -3.90. The summed E-state index contributed by atoms with van der Waals surface area (Å²) in [5, 5.41) is 5.06. The smallest absolute Gasteiger partial charge is 0.238 e. The van der Waals surface area contributed by atoms with Gasteiger partial charge in [-0.1, -0.05) is 18.2 Å².